The third-order valence-electron chi connectivity index (χ3n) is 2.89. The number of ether oxygens (including phenoxy) is 2. The van der Waals surface area contributed by atoms with E-state index in [1.807, 2.05) is 0 Å². The molecule has 118 valence electrons. The predicted molar refractivity (Wildman–Crippen MR) is 67.3 cm³/mol. The minimum atomic E-state index is -4.13. The quantitative estimate of drug-likeness (QED) is 0.497. The molecule has 1 unspecified atom stereocenters. The second-order valence-electron chi connectivity index (χ2n) is 4.87. The SMILES string of the molecule is CCOC(=O)C(CCOCCCC(F)(F)F)NC1CC1. The van der Waals surface area contributed by atoms with Gasteiger partial charge in [-0.2, -0.15) is 13.2 Å². The van der Waals surface area contributed by atoms with Gasteiger partial charge in [-0.25, -0.2) is 0 Å². The van der Waals surface area contributed by atoms with Gasteiger partial charge in [-0.15, -0.1) is 0 Å². The molecule has 0 aromatic rings. The molecule has 20 heavy (non-hydrogen) atoms. The zero-order valence-electron chi connectivity index (χ0n) is 11.7. The summed E-state index contributed by atoms with van der Waals surface area (Å²) >= 11 is 0. The van der Waals surface area contributed by atoms with Crippen LogP contribution in [0.15, 0.2) is 0 Å². The first-order valence-corrected chi connectivity index (χ1v) is 6.99. The molecule has 4 nitrogen and oxygen atoms in total. The standard InChI is InChI=1S/C13H22F3NO3/c1-2-20-12(18)11(17-10-4-5-10)6-9-19-8-3-7-13(14,15)16/h10-11,17H,2-9H2,1H3. The van der Waals surface area contributed by atoms with E-state index in [-0.39, 0.29) is 25.6 Å². The molecule has 1 aliphatic rings. The number of hydrogen-bond donors (Lipinski definition) is 1. The summed E-state index contributed by atoms with van der Waals surface area (Å²) in [6.07, 6.45) is -2.52. The molecule has 7 heteroatoms. The molecule has 1 N–H and O–H groups in total. The van der Waals surface area contributed by atoms with Crippen molar-refractivity contribution in [3.8, 4) is 0 Å². The van der Waals surface area contributed by atoms with Crippen LogP contribution in [-0.2, 0) is 14.3 Å². The molecule has 1 aliphatic carbocycles. The van der Waals surface area contributed by atoms with Gasteiger partial charge in [0.1, 0.15) is 6.04 Å². The largest absolute Gasteiger partial charge is 0.465 e. The molecular formula is C13H22F3NO3. The number of halogens is 3. The third-order valence-corrected chi connectivity index (χ3v) is 2.89. The molecule has 1 atom stereocenters. The first-order chi connectivity index (χ1) is 9.42. The van der Waals surface area contributed by atoms with E-state index in [4.69, 9.17) is 9.47 Å². The molecule has 0 aromatic carbocycles. The first kappa shape index (κ1) is 17.2. The molecule has 0 spiro atoms. The molecule has 1 saturated carbocycles. The zero-order chi connectivity index (χ0) is 15.0. The van der Waals surface area contributed by atoms with Gasteiger partial charge in [-0.1, -0.05) is 0 Å². The van der Waals surface area contributed by atoms with Gasteiger partial charge in [0.25, 0.3) is 0 Å². The minimum absolute atomic E-state index is 0.0520. The Morgan fingerprint density at radius 1 is 1.35 bits per heavy atom. The molecule has 0 bridgehead atoms. The molecule has 1 fully saturated rings. The smallest absolute Gasteiger partial charge is 0.389 e. The van der Waals surface area contributed by atoms with Gasteiger partial charge in [-0.3, -0.25) is 4.79 Å². The Morgan fingerprint density at radius 3 is 2.60 bits per heavy atom. The first-order valence-electron chi connectivity index (χ1n) is 6.99. The van der Waals surface area contributed by atoms with Crippen molar-refractivity contribution in [3.63, 3.8) is 0 Å². The van der Waals surface area contributed by atoms with Gasteiger partial charge in [-0.05, 0) is 32.6 Å². The summed E-state index contributed by atoms with van der Waals surface area (Å²) in [7, 11) is 0. The monoisotopic (exact) mass is 297 g/mol. The van der Waals surface area contributed by atoms with E-state index >= 15 is 0 Å². The predicted octanol–water partition coefficient (Wildman–Crippen LogP) is 2.42. The van der Waals surface area contributed by atoms with E-state index in [1.54, 1.807) is 6.92 Å². The Kier molecular flexibility index (Phi) is 7.29. The van der Waals surface area contributed by atoms with Crippen LogP contribution < -0.4 is 5.32 Å². The second kappa shape index (κ2) is 8.46. The fraction of sp³-hybridized carbons (Fsp3) is 0.923. The Labute approximate surface area is 117 Å². The summed E-state index contributed by atoms with van der Waals surface area (Å²) in [6.45, 7) is 2.35. The Balaban J connectivity index is 2.13. The van der Waals surface area contributed by atoms with Crippen molar-refractivity contribution in [3.05, 3.63) is 0 Å². The van der Waals surface area contributed by atoms with Crippen molar-refractivity contribution < 1.29 is 27.4 Å². The van der Waals surface area contributed by atoms with Gasteiger partial charge < -0.3 is 14.8 Å². The molecular weight excluding hydrogens is 275 g/mol. The van der Waals surface area contributed by atoms with E-state index in [1.165, 1.54) is 0 Å². The fourth-order valence-corrected chi connectivity index (χ4v) is 1.72. The lowest BCUT2D eigenvalue weighted by molar-refractivity contribution is -0.146. The number of carbonyl (C=O) groups excluding carboxylic acids is 1. The summed E-state index contributed by atoms with van der Waals surface area (Å²) in [5, 5.41) is 3.16. The number of esters is 1. The number of hydrogen-bond acceptors (Lipinski definition) is 4. The van der Waals surface area contributed by atoms with Crippen LogP contribution >= 0.6 is 0 Å². The summed E-state index contributed by atoms with van der Waals surface area (Å²) in [6, 6.07) is -0.0697. The molecule has 0 radical (unpaired) electrons. The number of nitrogens with one attached hydrogen (secondary N) is 1. The van der Waals surface area contributed by atoms with Gasteiger partial charge in [0.05, 0.1) is 6.61 Å². The molecule has 0 heterocycles. The highest BCUT2D eigenvalue weighted by molar-refractivity contribution is 5.75. The summed E-state index contributed by atoms with van der Waals surface area (Å²) in [4.78, 5) is 11.7. The summed E-state index contributed by atoms with van der Waals surface area (Å²) < 4.78 is 45.8. The van der Waals surface area contributed by atoms with Crippen LogP contribution in [0.4, 0.5) is 13.2 Å². The van der Waals surface area contributed by atoms with Crippen LogP contribution in [0.2, 0.25) is 0 Å². The normalized spacial score (nSPS) is 17.0. The van der Waals surface area contributed by atoms with Crippen molar-refractivity contribution in [2.75, 3.05) is 19.8 Å². The van der Waals surface area contributed by atoms with E-state index in [2.05, 4.69) is 5.32 Å². The van der Waals surface area contributed by atoms with Gasteiger partial charge in [0.2, 0.25) is 0 Å². The maximum Gasteiger partial charge on any atom is 0.389 e. The van der Waals surface area contributed by atoms with Crippen molar-refractivity contribution in [2.45, 2.75) is 57.3 Å². The van der Waals surface area contributed by atoms with E-state index in [0.29, 0.717) is 19.1 Å². The Morgan fingerprint density at radius 2 is 2.05 bits per heavy atom. The number of alkyl halides is 3. The maximum atomic E-state index is 11.9. The van der Waals surface area contributed by atoms with Crippen molar-refractivity contribution in [1.29, 1.82) is 0 Å². The number of carbonyl (C=O) groups is 1. The second-order valence-corrected chi connectivity index (χ2v) is 4.87. The van der Waals surface area contributed by atoms with Crippen molar-refractivity contribution in [1.82, 2.24) is 5.32 Å². The molecule has 0 aliphatic heterocycles. The third kappa shape index (κ3) is 8.37. The van der Waals surface area contributed by atoms with E-state index in [0.717, 1.165) is 12.8 Å². The lowest BCUT2D eigenvalue weighted by Crippen LogP contribution is -2.40. The summed E-state index contributed by atoms with van der Waals surface area (Å²) in [5.41, 5.74) is 0. The van der Waals surface area contributed by atoms with Gasteiger partial charge in [0.15, 0.2) is 0 Å². The highest BCUT2D eigenvalue weighted by Crippen LogP contribution is 2.21. The van der Waals surface area contributed by atoms with Crippen molar-refractivity contribution >= 4 is 5.97 Å². The topological polar surface area (TPSA) is 47.6 Å². The minimum Gasteiger partial charge on any atom is -0.465 e. The van der Waals surface area contributed by atoms with Crippen LogP contribution in [0.25, 0.3) is 0 Å². The van der Waals surface area contributed by atoms with Crippen LogP contribution in [0.5, 0.6) is 0 Å². The Bertz CT molecular complexity index is 293. The maximum absolute atomic E-state index is 11.9. The highest BCUT2D eigenvalue weighted by atomic mass is 19.4. The lowest BCUT2D eigenvalue weighted by atomic mass is 10.2. The average Bonchev–Trinajstić information content (AvgIpc) is 3.14. The lowest BCUT2D eigenvalue weighted by Gasteiger charge is -2.17. The highest BCUT2D eigenvalue weighted by Gasteiger charge is 2.29. The van der Waals surface area contributed by atoms with E-state index < -0.39 is 18.6 Å². The zero-order valence-corrected chi connectivity index (χ0v) is 11.7. The molecule has 1 rings (SSSR count). The van der Waals surface area contributed by atoms with Crippen LogP contribution in [0.1, 0.15) is 39.0 Å². The number of rotatable bonds is 10. The van der Waals surface area contributed by atoms with Crippen LogP contribution in [-0.4, -0.2) is 44.0 Å². The molecule has 0 saturated heterocycles. The molecule has 0 amide bonds. The fourth-order valence-electron chi connectivity index (χ4n) is 1.72. The van der Waals surface area contributed by atoms with Crippen LogP contribution in [0.3, 0.4) is 0 Å². The Hall–Kier alpha value is -0.820. The molecule has 0 aromatic heterocycles. The average molecular weight is 297 g/mol. The van der Waals surface area contributed by atoms with E-state index in [9.17, 15) is 18.0 Å². The van der Waals surface area contributed by atoms with Gasteiger partial charge in [0, 0.05) is 25.7 Å². The summed E-state index contributed by atoms with van der Waals surface area (Å²) in [5.74, 6) is -0.321. The van der Waals surface area contributed by atoms with Gasteiger partial charge >= 0.3 is 12.1 Å². The van der Waals surface area contributed by atoms with Crippen LogP contribution in [0, 0.1) is 0 Å². The van der Waals surface area contributed by atoms with Crippen molar-refractivity contribution in [2.24, 2.45) is 0 Å².